The molecule has 0 bridgehead atoms. The molecule has 0 aromatic rings. The summed E-state index contributed by atoms with van der Waals surface area (Å²) in [5.74, 6) is 1.83. The van der Waals surface area contributed by atoms with Crippen LogP contribution in [0, 0.1) is 17.8 Å². The highest BCUT2D eigenvalue weighted by molar-refractivity contribution is 9.39. The highest BCUT2D eigenvalue weighted by atomic mass is 80.0. The smallest absolute Gasteiger partial charge is 0.237 e. The predicted octanol–water partition coefficient (Wildman–Crippen LogP) is 4.43. The Kier molecular flexibility index (Phi) is 7.32. The van der Waals surface area contributed by atoms with Gasteiger partial charge in [0.15, 0.2) is 0 Å². The molecule has 108 valence electrons. The van der Waals surface area contributed by atoms with Crippen LogP contribution in [0.25, 0.3) is 0 Å². The topological polar surface area (TPSA) is 38.3 Å². The molecule has 0 saturated heterocycles. The zero-order valence-corrected chi connectivity index (χ0v) is 16.4. The first-order valence-electron chi connectivity index (χ1n) is 6.13. The standard InChI is InChI=1S/C11H20Br3NO2S/c1-7(2)9-5-4-8(3)6-10(9)15-18(16)17-11(12,13)14/h7-10,15H,4-6H2,1-3H3. The van der Waals surface area contributed by atoms with E-state index in [1.165, 1.54) is 12.8 Å². The monoisotopic (exact) mass is 467 g/mol. The van der Waals surface area contributed by atoms with E-state index in [1.54, 1.807) is 0 Å². The minimum atomic E-state index is -1.53. The fourth-order valence-electron chi connectivity index (χ4n) is 2.57. The Hall–Kier alpha value is 1.51. The van der Waals surface area contributed by atoms with Gasteiger partial charge in [-0.15, -0.1) is 0 Å². The number of hydrogen-bond acceptors (Lipinski definition) is 2. The van der Waals surface area contributed by atoms with Crippen molar-refractivity contribution < 1.29 is 8.39 Å². The highest BCUT2D eigenvalue weighted by Gasteiger charge is 2.33. The average Bonchev–Trinajstić information content (AvgIpc) is 2.13. The summed E-state index contributed by atoms with van der Waals surface area (Å²) in [6.45, 7) is 6.70. The average molecular weight is 470 g/mol. The van der Waals surface area contributed by atoms with Crippen LogP contribution in [0.3, 0.4) is 0 Å². The van der Waals surface area contributed by atoms with Crippen molar-refractivity contribution in [2.24, 2.45) is 17.8 Å². The number of nitrogens with one attached hydrogen (secondary N) is 1. The van der Waals surface area contributed by atoms with Gasteiger partial charge in [0.25, 0.3) is 0 Å². The summed E-state index contributed by atoms with van der Waals surface area (Å²) in [6.07, 6.45) is 3.50. The lowest BCUT2D eigenvalue weighted by Gasteiger charge is -2.37. The van der Waals surface area contributed by atoms with Crippen molar-refractivity contribution in [3.8, 4) is 0 Å². The summed E-state index contributed by atoms with van der Waals surface area (Å²) in [4.78, 5) is 0. The summed E-state index contributed by atoms with van der Waals surface area (Å²) in [7, 11) is 0. The largest absolute Gasteiger partial charge is 0.249 e. The fourth-order valence-corrected chi connectivity index (χ4v) is 4.39. The minimum Gasteiger partial charge on any atom is -0.237 e. The predicted molar refractivity (Wildman–Crippen MR) is 87.0 cm³/mol. The van der Waals surface area contributed by atoms with Crippen molar-refractivity contribution in [2.45, 2.75) is 48.4 Å². The van der Waals surface area contributed by atoms with E-state index in [9.17, 15) is 4.21 Å². The maximum Gasteiger partial charge on any atom is 0.249 e. The van der Waals surface area contributed by atoms with Gasteiger partial charge in [-0.05, 0) is 78.4 Å². The van der Waals surface area contributed by atoms with Crippen LogP contribution in [0.2, 0.25) is 0 Å². The second kappa shape index (κ2) is 7.50. The van der Waals surface area contributed by atoms with Crippen molar-refractivity contribution >= 4 is 59.1 Å². The Morgan fingerprint density at radius 1 is 1.33 bits per heavy atom. The van der Waals surface area contributed by atoms with Crippen LogP contribution in [-0.4, -0.2) is 12.6 Å². The minimum absolute atomic E-state index is 0.254. The van der Waals surface area contributed by atoms with Crippen molar-refractivity contribution in [3.05, 3.63) is 0 Å². The first-order valence-corrected chi connectivity index (χ1v) is 9.58. The summed E-state index contributed by atoms with van der Waals surface area (Å²) < 4.78 is 19.3. The molecule has 3 nitrogen and oxygen atoms in total. The third-order valence-electron chi connectivity index (χ3n) is 3.44. The van der Waals surface area contributed by atoms with Gasteiger partial charge in [-0.2, -0.15) is 0 Å². The Morgan fingerprint density at radius 2 is 1.94 bits per heavy atom. The van der Waals surface area contributed by atoms with E-state index in [4.69, 9.17) is 4.18 Å². The molecule has 1 saturated carbocycles. The SMILES string of the molecule is CC1CCC(C(C)C)C(NS(=O)OC(Br)(Br)Br)C1. The third-order valence-corrected chi connectivity index (χ3v) is 5.47. The number of alkyl halides is 3. The number of rotatable bonds is 4. The molecule has 4 unspecified atom stereocenters. The molecule has 18 heavy (non-hydrogen) atoms. The molecule has 1 aliphatic carbocycles. The summed E-state index contributed by atoms with van der Waals surface area (Å²) in [5.41, 5.74) is 0. The lowest BCUT2D eigenvalue weighted by molar-refractivity contribution is 0.185. The molecule has 0 amide bonds. The number of hydrogen-bond donors (Lipinski definition) is 1. The van der Waals surface area contributed by atoms with E-state index in [-0.39, 0.29) is 6.04 Å². The molecule has 1 aliphatic rings. The van der Waals surface area contributed by atoms with E-state index in [1.807, 2.05) is 0 Å². The molecule has 4 atom stereocenters. The van der Waals surface area contributed by atoms with Crippen LogP contribution in [0.15, 0.2) is 0 Å². The normalized spacial score (nSPS) is 31.6. The zero-order chi connectivity index (χ0) is 13.9. The van der Waals surface area contributed by atoms with Crippen LogP contribution < -0.4 is 4.72 Å². The molecule has 1 rings (SSSR count). The molecule has 0 heterocycles. The molecule has 0 spiro atoms. The zero-order valence-electron chi connectivity index (χ0n) is 10.8. The summed E-state index contributed by atoms with van der Waals surface area (Å²) in [6, 6.07) is 0.254. The van der Waals surface area contributed by atoms with Crippen LogP contribution in [0.5, 0.6) is 0 Å². The maximum absolute atomic E-state index is 11.9. The molecule has 7 heteroatoms. The van der Waals surface area contributed by atoms with Crippen molar-refractivity contribution in [1.82, 2.24) is 4.72 Å². The van der Waals surface area contributed by atoms with Gasteiger partial charge in [0, 0.05) is 6.04 Å². The van der Waals surface area contributed by atoms with Crippen molar-refractivity contribution in [3.63, 3.8) is 0 Å². The van der Waals surface area contributed by atoms with Gasteiger partial charge in [0.05, 0.1) is 0 Å². The lowest BCUT2D eigenvalue weighted by atomic mass is 9.74. The van der Waals surface area contributed by atoms with Gasteiger partial charge in [0.1, 0.15) is 0 Å². The van der Waals surface area contributed by atoms with E-state index >= 15 is 0 Å². The Labute approximate surface area is 137 Å². The van der Waals surface area contributed by atoms with Gasteiger partial charge >= 0.3 is 0 Å². The van der Waals surface area contributed by atoms with Gasteiger partial charge in [-0.25, -0.2) is 13.1 Å². The molecule has 1 fully saturated rings. The number of halogens is 3. The van der Waals surface area contributed by atoms with Gasteiger partial charge in [-0.3, -0.25) is 0 Å². The van der Waals surface area contributed by atoms with E-state index in [0.29, 0.717) is 17.8 Å². The van der Waals surface area contributed by atoms with Crippen molar-refractivity contribution in [1.29, 1.82) is 0 Å². The fraction of sp³-hybridized carbons (Fsp3) is 1.00. The molecule has 0 aromatic heterocycles. The molecule has 0 aromatic carbocycles. The Balaban J connectivity index is 2.58. The lowest BCUT2D eigenvalue weighted by Crippen LogP contribution is -2.44. The van der Waals surface area contributed by atoms with Crippen molar-refractivity contribution in [2.75, 3.05) is 0 Å². The first-order chi connectivity index (χ1) is 8.19. The van der Waals surface area contributed by atoms with Crippen LogP contribution in [0.1, 0.15) is 40.0 Å². The Bertz CT molecular complexity index is 297. The maximum atomic E-state index is 11.9. The molecular weight excluding hydrogens is 450 g/mol. The highest BCUT2D eigenvalue weighted by Crippen LogP contribution is 2.37. The van der Waals surface area contributed by atoms with Crippen LogP contribution in [-0.2, 0) is 15.4 Å². The molecular formula is C11H20Br3NO2S. The third kappa shape index (κ3) is 6.31. The van der Waals surface area contributed by atoms with Crippen LogP contribution in [0.4, 0.5) is 0 Å². The van der Waals surface area contributed by atoms with E-state index < -0.39 is 13.6 Å². The van der Waals surface area contributed by atoms with E-state index in [0.717, 1.165) is 6.42 Å². The van der Waals surface area contributed by atoms with Gasteiger partial charge in [-0.1, -0.05) is 27.2 Å². The quantitative estimate of drug-likeness (QED) is 0.618. The second-order valence-corrected chi connectivity index (χ2v) is 12.7. The van der Waals surface area contributed by atoms with Crippen LogP contribution >= 0.6 is 47.8 Å². The van der Waals surface area contributed by atoms with E-state index in [2.05, 4.69) is 73.3 Å². The first kappa shape index (κ1) is 17.6. The van der Waals surface area contributed by atoms with Gasteiger partial charge in [0.2, 0.25) is 13.6 Å². The Morgan fingerprint density at radius 3 is 2.44 bits per heavy atom. The summed E-state index contributed by atoms with van der Waals surface area (Å²) in [5, 5.41) is 0. The molecule has 1 N–H and O–H groups in total. The second-order valence-electron chi connectivity index (χ2n) is 5.31. The molecule has 0 radical (unpaired) electrons. The molecule has 0 aliphatic heterocycles. The van der Waals surface area contributed by atoms with Gasteiger partial charge < -0.3 is 0 Å². The summed E-state index contributed by atoms with van der Waals surface area (Å²) >= 11 is 8.00.